The Morgan fingerprint density at radius 3 is 2.67 bits per heavy atom. The van der Waals surface area contributed by atoms with Gasteiger partial charge in [0.1, 0.15) is 0 Å². The molecule has 0 amide bonds. The summed E-state index contributed by atoms with van der Waals surface area (Å²) in [7, 11) is 0. The Morgan fingerprint density at radius 2 is 2.17 bits per heavy atom. The maximum absolute atomic E-state index is 9.68. The quantitative estimate of drug-likeness (QED) is 0.616. The van der Waals surface area contributed by atoms with Gasteiger partial charge in [0.25, 0.3) is 0 Å². The Balaban J connectivity index is 1.93. The van der Waals surface area contributed by atoms with Crippen LogP contribution < -0.4 is 0 Å². The average molecular weight is 168 g/mol. The third kappa shape index (κ3) is 1.29. The SMILES string of the molecule is OCCC(O)C1CC2C=CC1C2. The lowest BCUT2D eigenvalue weighted by Crippen LogP contribution is -2.24. The van der Waals surface area contributed by atoms with E-state index in [0.29, 0.717) is 24.2 Å². The standard InChI is InChI=1S/C10H16O2/c11-4-3-10(12)9-6-7-1-2-8(9)5-7/h1-2,7-12H,3-6H2. The first-order chi connectivity index (χ1) is 5.81. The van der Waals surface area contributed by atoms with E-state index in [9.17, 15) is 5.11 Å². The second kappa shape index (κ2) is 3.19. The van der Waals surface area contributed by atoms with E-state index in [1.165, 1.54) is 6.42 Å². The lowest BCUT2D eigenvalue weighted by Gasteiger charge is -2.23. The first-order valence-corrected chi connectivity index (χ1v) is 4.78. The molecule has 0 spiro atoms. The van der Waals surface area contributed by atoms with Gasteiger partial charge in [0, 0.05) is 6.61 Å². The van der Waals surface area contributed by atoms with Gasteiger partial charge in [-0.3, -0.25) is 0 Å². The topological polar surface area (TPSA) is 40.5 Å². The number of fused-ring (bicyclic) bond motifs is 2. The molecule has 0 aliphatic heterocycles. The highest BCUT2D eigenvalue weighted by molar-refractivity contribution is 5.11. The van der Waals surface area contributed by atoms with Gasteiger partial charge in [-0.1, -0.05) is 12.2 Å². The number of rotatable bonds is 3. The minimum Gasteiger partial charge on any atom is -0.396 e. The smallest absolute Gasteiger partial charge is 0.0596 e. The zero-order valence-electron chi connectivity index (χ0n) is 7.19. The van der Waals surface area contributed by atoms with Crippen molar-refractivity contribution in [1.82, 2.24) is 0 Å². The Morgan fingerprint density at radius 1 is 1.33 bits per heavy atom. The van der Waals surface area contributed by atoms with E-state index in [1.807, 2.05) is 0 Å². The molecule has 2 heteroatoms. The molecule has 2 aliphatic carbocycles. The number of allylic oxidation sites excluding steroid dienone is 2. The fourth-order valence-corrected chi connectivity index (χ4v) is 2.61. The van der Waals surface area contributed by atoms with Gasteiger partial charge in [0.15, 0.2) is 0 Å². The van der Waals surface area contributed by atoms with E-state index in [0.717, 1.165) is 6.42 Å². The summed E-state index contributed by atoms with van der Waals surface area (Å²) in [6.07, 6.45) is 7.12. The van der Waals surface area contributed by atoms with Crippen LogP contribution in [0.25, 0.3) is 0 Å². The van der Waals surface area contributed by atoms with Crippen LogP contribution in [0.5, 0.6) is 0 Å². The molecule has 4 unspecified atom stereocenters. The zero-order chi connectivity index (χ0) is 8.55. The fraction of sp³-hybridized carbons (Fsp3) is 0.800. The van der Waals surface area contributed by atoms with Gasteiger partial charge < -0.3 is 10.2 Å². The number of aliphatic hydroxyl groups excluding tert-OH is 2. The van der Waals surface area contributed by atoms with E-state index in [-0.39, 0.29) is 12.7 Å². The van der Waals surface area contributed by atoms with E-state index in [1.54, 1.807) is 0 Å². The van der Waals surface area contributed by atoms with Crippen LogP contribution in [0.2, 0.25) is 0 Å². The first-order valence-electron chi connectivity index (χ1n) is 4.78. The molecule has 2 rings (SSSR count). The number of hydrogen-bond acceptors (Lipinski definition) is 2. The summed E-state index contributed by atoms with van der Waals surface area (Å²) in [4.78, 5) is 0. The molecule has 2 bridgehead atoms. The van der Waals surface area contributed by atoms with Crippen molar-refractivity contribution in [3.8, 4) is 0 Å². The van der Waals surface area contributed by atoms with Crippen molar-refractivity contribution in [3.05, 3.63) is 12.2 Å². The highest BCUT2D eigenvalue weighted by atomic mass is 16.3. The molecule has 0 aromatic heterocycles. The molecular weight excluding hydrogens is 152 g/mol. The lowest BCUT2D eigenvalue weighted by molar-refractivity contribution is 0.0672. The van der Waals surface area contributed by atoms with Gasteiger partial charge >= 0.3 is 0 Å². The second-order valence-electron chi connectivity index (χ2n) is 4.02. The summed E-state index contributed by atoms with van der Waals surface area (Å²) >= 11 is 0. The van der Waals surface area contributed by atoms with Crippen LogP contribution in [-0.4, -0.2) is 22.9 Å². The average Bonchev–Trinajstić information content (AvgIpc) is 2.64. The van der Waals surface area contributed by atoms with Gasteiger partial charge in [0.2, 0.25) is 0 Å². The highest BCUT2D eigenvalue weighted by Crippen LogP contribution is 2.45. The number of aliphatic hydroxyl groups is 2. The Hall–Kier alpha value is -0.340. The summed E-state index contributed by atoms with van der Waals surface area (Å²) in [5.74, 6) is 1.73. The van der Waals surface area contributed by atoms with Crippen LogP contribution in [0.1, 0.15) is 19.3 Å². The summed E-state index contributed by atoms with van der Waals surface area (Å²) < 4.78 is 0. The Labute approximate surface area is 72.9 Å². The molecule has 12 heavy (non-hydrogen) atoms. The van der Waals surface area contributed by atoms with Crippen molar-refractivity contribution < 1.29 is 10.2 Å². The maximum atomic E-state index is 9.68. The molecule has 0 radical (unpaired) electrons. The molecule has 0 aromatic carbocycles. The van der Waals surface area contributed by atoms with Gasteiger partial charge in [-0.25, -0.2) is 0 Å². The summed E-state index contributed by atoms with van der Waals surface area (Å²) in [6.45, 7) is 0.110. The van der Waals surface area contributed by atoms with Crippen molar-refractivity contribution in [3.63, 3.8) is 0 Å². The minimum atomic E-state index is -0.282. The van der Waals surface area contributed by atoms with Gasteiger partial charge in [-0.05, 0) is 37.0 Å². The van der Waals surface area contributed by atoms with Crippen LogP contribution in [0.15, 0.2) is 12.2 Å². The molecular formula is C10H16O2. The largest absolute Gasteiger partial charge is 0.396 e. The molecule has 2 N–H and O–H groups in total. The third-order valence-corrected chi connectivity index (χ3v) is 3.25. The van der Waals surface area contributed by atoms with Crippen molar-refractivity contribution >= 4 is 0 Å². The summed E-state index contributed by atoms with van der Waals surface area (Å²) in [5.41, 5.74) is 0. The van der Waals surface area contributed by atoms with Gasteiger partial charge in [-0.2, -0.15) is 0 Å². The summed E-state index contributed by atoms with van der Waals surface area (Å²) in [5, 5.41) is 18.4. The Kier molecular flexibility index (Phi) is 2.20. The number of hydrogen-bond donors (Lipinski definition) is 2. The lowest BCUT2D eigenvalue weighted by atomic mass is 9.87. The predicted octanol–water partition coefficient (Wildman–Crippen LogP) is 0.942. The van der Waals surface area contributed by atoms with Crippen LogP contribution in [0, 0.1) is 17.8 Å². The molecule has 0 saturated heterocycles. The van der Waals surface area contributed by atoms with Crippen LogP contribution in [-0.2, 0) is 0 Å². The molecule has 0 aromatic rings. The minimum absolute atomic E-state index is 0.110. The van der Waals surface area contributed by atoms with Crippen molar-refractivity contribution in [1.29, 1.82) is 0 Å². The van der Waals surface area contributed by atoms with E-state index < -0.39 is 0 Å². The van der Waals surface area contributed by atoms with Crippen LogP contribution in [0.3, 0.4) is 0 Å². The predicted molar refractivity (Wildman–Crippen MR) is 46.6 cm³/mol. The van der Waals surface area contributed by atoms with E-state index in [4.69, 9.17) is 5.11 Å². The second-order valence-corrected chi connectivity index (χ2v) is 4.02. The van der Waals surface area contributed by atoms with Crippen molar-refractivity contribution in [2.45, 2.75) is 25.4 Å². The molecule has 2 aliphatic rings. The molecule has 1 fully saturated rings. The van der Waals surface area contributed by atoms with Crippen molar-refractivity contribution in [2.75, 3.05) is 6.61 Å². The third-order valence-electron chi connectivity index (χ3n) is 3.25. The zero-order valence-corrected chi connectivity index (χ0v) is 7.19. The molecule has 68 valence electrons. The first kappa shape index (κ1) is 8.27. The van der Waals surface area contributed by atoms with E-state index >= 15 is 0 Å². The van der Waals surface area contributed by atoms with Gasteiger partial charge in [0.05, 0.1) is 6.10 Å². The van der Waals surface area contributed by atoms with E-state index in [2.05, 4.69) is 12.2 Å². The van der Waals surface area contributed by atoms with Gasteiger partial charge in [-0.15, -0.1) is 0 Å². The molecule has 0 heterocycles. The fourth-order valence-electron chi connectivity index (χ4n) is 2.61. The molecule has 4 atom stereocenters. The van der Waals surface area contributed by atoms with Crippen molar-refractivity contribution in [2.24, 2.45) is 17.8 Å². The molecule has 1 saturated carbocycles. The Bertz CT molecular complexity index is 188. The molecule has 2 nitrogen and oxygen atoms in total. The monoisotopic (exact) mass is 168 g/mol. The van der Waals surface area contributed by atoms with Crippen LogP contribution >= 0.6 is 0 Å². The normalized spacial score (nSPS) is 40.7. The maximum Gasteiger partial charge on any atom is 0.0596 e. The summed E-state index contributed by atoms with van der Waals surface area (Å²) in [6, 6.07) is 0. The van der Waals surface area contributed by atoms with Crippen LogP contribution in [0.4, 0.5) is 0 Å². The highest BCUT2D eigenvalue weighted by Gasteiger charge is 2.38.